The van der Waals surface area contributed by atoms with Gasteiger partial charge in [0.1, 0.15) is 11.4 Å². The van der Waals surface area contributed by atoms with Crippen molar-refractivity contribution in [1.29, 1.82) is 0 Å². The Morgan fingerprint density at radius 1 is 1.16 bits per heavy atom. The van der Waals surface area contributed by atoms with Crippen LogP contribution in [0, 0.1) is 10.1 Å². The van der Waals surface area contributed by atoms with Crippen LogP contribution in [0.4, 0.5) is 5.69 Å². The number of aliphatic carboxylic acids is 1. The topological polar surface area (TPSA) is 130 Å². The quantitative estimate of drug-likeness (QED) is 0.230. The lowest BCUT2D eigenvalue weighted by molar-refractivity contribution is -0.387. The maximum Gasteiger partial charge on any atom is 0.327 e. The molecular weight excluding hydrogens is 514 g/mol. The molecule has 2 heterocycles. The number of nitrogens with zero attached hydrogens (tertiary/aromatic N) is 2. The minimum absolute atomic E-state index is 0.0000342. The second-order valence-corrected chi connectivity index (χ2v) is 13.8. The summed E-state index contributed by atoms with van der Waals surface area (Å²) < 4.78 is -0.829. The molecule has 4 rings (SSSR count). The van der Waals surface area contributed by atoms with E-state index in [2.05, 4.69) is 26.1 Å². The Balaban J connectivity index is 1.66. The highest BCUT2D eigenvalue weighted by molar-refractivity contribution is 8.06. The molecule has 0 spiro atoms. The molecule has 0 aromatic heterocycles. The summed E-state index contributed by atoms with van der Waals surface area (Å²) in [7, 11) is 0. The van der Waals surface area contributed by atoms with Gasteiger partial charge in [-0.1, -0.05) is 68.9 Å². The number of fused-ring (bicyclic) bond motifs is 1. The van der Waals surface area contributed by atoms with Gasteiger partial charge in [0.05, 0.1) is 16.2 Å². The van der Waals surface area contributed by atoms with Crippen molar-refractivity contribution in [2.45, 2.75) is 72.4 Å². The van der Waals surface area contributed by atoms with Crippen molar-refractivity contribution in [1.82, 2.24) is 10.2 Å². The molecule has 1 unspecified atom stereocenters. The van der Waals surface area contributed by atoms with E-state index in [4.69, 9.17) is 0 Å². The van der Waals surface area contributed by atoms with Crippen LogP contribution < -0.4 is 5.32 Å². The number of nitrogens with one attached hydrogen (secondary N) is 1. The normalized spacial score (nSPS) is 24.2. The highest BCUT2D eigenvalue weighted by Crippen LogP contribution is 2.60. The zero-order valence-electron chi connectivity index (χ0n) is 21.2. The van der Waals surface area contributed by atoms with Crippen molar-refractivity contribution < 1.29 is 24.4 Å². The van der Waals surface area contributed by atoms with Crippen LogP contribution in [0.2, 0.25) is 0 Å². The standard InChI is InChI=1S/C26H29N3O6S2/c1-24(2,3)16-12-10-15(11-13-16)14-19(30)27-26(36-18-9-7-6-8-17(18)29(34)35)22(33)28-20(21(31)32)25(4,5)37-23(26)28/h6-13,20,23H,14H2,1-5H3,(H,27,30)(H,31,32)/t20-,23+,26?/m0/s1. The largest absolute Gasteiger partial charge is 0.480 e. The Hall–Kier alpha value is -3.05. The van der Waals surface area contributed by atoms with E-state index in [0.29, 0.717) is 0 Å². The number of hydrogen-bond donors (Lipinski definition) is 2. The molecule has 0 aliphatic carbocycles. The predicted octanol–water partition coefficient (Wildman–Crippen LogP) is 4.19. The molecule has 0 saturated carbocycles. The number of carbonyl (C=O) groups is 3. The summed E-state index contributed by atoms with van der Waals surface area (Å²) in [5.41, 5.74) is 1.64. The van der Waals surface area contributed by atoms with Crippen molar-refractivity contribution in [3.05, 3.63) is 69.8 Å². The first kappa shape index (κ1) is 27.0. The van der Waals surface area contributed by atoms with Gasteiger partial charge in [-0.2, -0.15) is 0 Å². The van der Waals surface area contributed by atoms with E-state index in [1.54, 1.807) is 19.9 Å². The third-order valence-electron chi connectivity index (χ3n) is 6.58. The minimum Gasteiger partial charge on any atom is -0.480 e. The van der Waals surface area contributed by atoms with E-state index in [-0.39, 0.29) is 22.4 Å². The van der Waals surface area contributed by atoms with Gasteiger partial charge in [0.25, 0.3) is 11.6 Å². The average molecular weight is 544 g/mol. The van der Waals surface area contributed by atoms with Crippen LogP contribution in [0.15, 0.2) is 53.4 Å². The van der Waals surface area contributed by atoms with Crippen LogP contribution in [0.1, 0.15) is 45.7 Å². The van der Waals surface area contributed by atoms with Crippen LogP contribution in [-0.2, 0) is 26.2 Å². The fraction of sp³-hybridized carbons (Fsp3) is 0.423. The molecule has 2 fully saturated rings. The lowest BCUT2D eigenvalue weighted by Crippen LogP contribution is -2.78. The zero-order valence-corrected chi connectivity index (χ0v) is 22.8. The number of carbonyl (C=O) groups excluding carboxylic acids is 2. The highest BCUT2D eigenvalue weighted by Gasteiger charge is 2.73. The summed E-state index contributed by atoms with van der Waals surface area (Å²) in [6.45, 7) is 9.76. The van der Waals surface area contributed by atoms with Crippen molar-refractivity contribution >= 4 is 47.0 Å². The number of β-lactam (4-membered cyclic amide) rings is 1. The number of nitro benzene ring substituents is 1. The molecule has 2 aromatic rings. The lowest BCUT2D eigenvalue weighted by Gasteiger charge is -2.52. The van der Waals surface area contributed by atoms with E-state index >= 15 is 0 Å². The molecule has 2 aliphatic heterocycles. The van der Waals surface area contributed by atoms with E-state index in [1.807, 2.05) is 24.3 Å². The van der Waals surface area contributed by atoms with E-state index in [0.717, 1.165) is 22.9 Å². The molecule has 2 aromatic carbocycles. The maximum atomic E-state index is 13.6. The molecule has 2 aliphatic rings. The van der Waals surface area contributed by atoms with E-state index in [1.165, 1.54) is 34.9 Å². The fourth-order valence-electron chi connectivity index (χ4n) is 4.69. The Kier molecular flexibility index (Phi) is 6.83. The summed E-state index contributed by atoms with van der Waals surface area (Å²) >= 11 is 2.17. The molecule has 3 atom stereocenters. The number of carboxylic acid groups (broad SMARTS) is 1. The Labute approximate surface area is 223 Å². The second kappa shape index (κ2) is 9.36. The second-order valence-electron chi connectivity index (χ2n) is 10.8. The minimum atomic E-state index is -1.58. The van der Waals surface area contributed by atoms with E-state index in [9.17, 15) is 29.6 Å². The predicted molar refractivity (Wildman–Crippen MR) is 142 cm³/mol. The Bertz CT molecular complexity index is 1270. The zero-order chi connectivity index (χ0) is 27.3. The van der Waals surface area contributed by atoms with Gasteiger partial charge in [0.2, 0.25) is 10.8 Å². The van der Waals surface area contributed by atoms with Crippen LogP contribution in [0.3, 0.4) is 0 Å². The SMILES string of the molecule is CC(C)(C)c1ccc(CC(=O)NC2(Sc3ccccc3[N+](=O)[O-])C(=O)N3[C@@H](C(=O)O)C(C)(C)S[C@@H]32)cc1. The molecule has 0 bridgehead atoms. The number of carboxylic acids is 1. The lowest BCUT2D eigenvalue weighted by atomic mass is 9.86. The monoisotopic (exact) mass is 543 g/mol. The summed E-state index contributed by atoms with van der Waals surface area (Å²) in [4.78, 5) is 50.0. The van der Waals surface area contributed by atoms with Crippen LogP contribution in [-0.4, -0.2) is 53.7 Å². The first-order chi connectivity index (χ1) is 17.2. The molecule has 2 N–H and O–H groups in total. The number of para-hydroxylation sites is 1. The van der Waals surface area contributed by atoms with Gasteiger partial charge in [0, 0.05) is 10.8 Å². The Morgan fingerprint density at radius 2 is 1.78 bits per heavy atom. The summed E-state index contributed by atoms with van der Waals surface area (Å²) in [5.74, 6) is -2.15. The van der Waals surface area contributed by atoms with Gasteiger partial charge in [-0.05, 0) is 36.5 Å². The number of nitro groups is 1. The molecular formula is C26H29N3O6S2. The fourth-order valence-corrected chi connectivity index (χ4v) is 7.87. The molecule has 37 heavy (non-hydrogen) atoms. The third kappa shape index (κ3) is 4.82. The third-order valence-corrected chi connectivity index (χ3v) is 9.75. The molecule has 2 saturated heterocycles. The summed E-state index contributed by atoms with van der Waals surface area (Å²) in [5, 5.41) is 23.6. The first-order valence-corrected chi connectivity index (χ1v) is 13.4. The van der Waals surface area contributed by atoms with Crippen molar-refractivity contribution in [3.63, 3.8) is 0 Å². The van der Waals surface area contributed by atoms with Crippen LogP contribution in [0.25, 0.3) is 0 Å². The molecule has 2 amide bonds. The van der Waals surface area contributed by atoms with Crippen molar-refractivity contribution in [3.8, 4) is 0 Å². The molecule has 9 nitrogen and oxygen atoms in total. The number of amides is 2. The highest BCUT2D eigenvalue weighted by atomic mass is 32.2. The molecule has 0 radical (unpaired) electrons. The summed E-state index contributed by atoms with van der Waals surface area (Å²) in [6.07, 6.45) is 0.0000342. The first-order valence-electron chi connectivity index (χ1n) is 11.7. The van der Waals surface area contributed by atoms with Crippen molar-refractivity contribution in [2.24, 2.45) is 0 Å². The molecule has 196 valence electrons. The van der Waals surface area contributed by atoms with Gasteiger partial charge in [0.15, 0.2) is 0 Å². The Morgan fingerprint density at radius 3 is 2.35 bits per heavy atom. The maximum absolute atomic E-state index is 13.6. The average Bonchev–Trinajstić information content (AvgIpc) is 3.07. The number of hydrogen-bond acceptors (Lipinski definition) is 7. The van der Waals surface area contributed by atoms with Crippen LogP contribution in [0.5, 0.6) is 0 Å². The van der Waals surface area contributed by atoms with E-state index < -0.39 is 43.7 Å². The van der Waals surface area contributed by atoms with Gasteiger partial charge >= 0.3 is 5.97 Å². The number of rotatable bonds is 7. The van der Waals surface area contributed by atoms with Crippen LogP contribution >= 0.6 is 23.5 Å². The number of benzene rings is 2. The van der Waals surface area contributed by atoms with Gasteiger partial charge in [-0.3, -0.25) is 19.7 Å². The van der Waals surface area contributed by atoms with Crippen molar-refractivity contribution in [2.75, 3.05) is 0 Å². The number of thioether (sulfide) groups is 2. The van der Waals surface area contributed by atoms with Gasteiger partial charge < -0.3 is 15.3 Å². The summed E-state index contributed by atoms with van der Waals surface area (Å²) in [6, 6.07) is 12.6. The molecule has 11 heteroatoms. The van der Waals surface area contributed by atoms with Gasteiger partial charge in [-0.25, -0.2) is 4.79 Å². The smallest absolute Gasteiger partial charge is 0.327 e. The van der Waals surface area contributed by atoms with Gasteiger partial charge in [-0.15, -0.1) is 11.8 Å².